The van der Waals surface area contributed by atoms with Crippen molar-refractivity contribution < 1.29 is 9.59 Å². The molecule has 1 aliphatic heterocycles. The Balaban J connectivity index is 2.28. The molecule has 1 aromatic rings. The molecule has 19 heavy (non-hydrogen) atoms. The Labute approximate surface area is 113 Å². The van der Waals surface area contributed by atoms with E-state index in [1.165, 1.54) is 7.05 Å². The number of imide groups is 1. The van der Waals surface area contributed by atoms with Crippen LogP contribution in [0.25, 0.3) is 0 Å². The molecule has 102 valence electrons. The minimum absolute atomic E-state index is 0.220. The molecule has 0 aliphatic carbocycles. The molecule has 1 atom stereocenters. The van der Waals surface area contributed by atoms with Gasteiger partial charge in [-0.3, -0.25) is 14.5 Å². The number of nitrogens with zero attached hydrogens (tertiary/aromatic N) is 1. The van der Waals surface area contributed by atoms with Gasteiger partial charge < -0.3 is 5.32 Å². The first-order valence-corrected chi connectivity index (χ1v) is 6.68. The Morgan fingerprint density at radius 3 is 2.37 bits per heavy atom. The van der Waals surface area contributed by atoms with Crippen molar-refractivity contribution in [3.63, 3.8) is 0 Å². The van der Waals surface area contributed by atoms with Gasteiger partial charge in [0, 0.05) is 18.8 Å². The summed E-state index contributed by atoms with van der Waals surface area (Å²) in [5.41, 5.74) is 1.89. The second-order valence-electron chi connectivity index (χ2n) is 5.33. The van der Waals surface area contributed by atoms with Crippen LogP contribution in [0.3, 0.4) is 0 Å². The zero-order valence-corrected chi connectivity index (χ0v) is 11.9. The summed E-state index contributed by atoms with van der Waals surface area (Å²) in [6.07, 6.45) is 1.02. The van der Waals surface area contributed by atoms with E-state index in [9.17, 15) is 9.59 Å². The molecule has 1 heterocycles. The number of amides is 2. The minimum atomic E-state index is -0.221. The molecule has 4 nitrogen and oxygen atoms in total. The molecule has 1 aromatic carbocycles. The Morgan fingerprint density at radius 1 is 1.16 bits per heavy atom. The maximum Gasteiger partial charge on any atom is 0.261 e. The van der Waals surface area contributed by atoms with E-state index in [2.05, 4.69) is 26.1 Å². The first kappa shape index (κ1) is 13.6. The van der Waals surface area contributed by atoms with Crippen LogP contribution in [-0.2, 0) is 0 Å². The third kappa shape index (κ3) is 2.35. The van der Waals surface area contributed by atoms with E-state index in [1.807, 2.05) is 6.07 Å². The summed E-state index contributed by atoms with van der Waals surface area (Å²) in [5.74, 6) is 0.0713. The van der Waals surface area contributed by atoms with Gasteiger partial charge in [-0.1, -0.05) is 20.8 Å². The number of carbonyl (C=O) groups excluding carboxylic acids is 2. The van der Waals surface area contributed by atoms with Gasteiger partial charge in [0.2, 0.25) is 0 Å². The van der Waals surface area contributed by atoms with Crippen LogP contribution in [0.15, 0.2) is 18.2 Å². The zero-order chi connectivity index (χ0) is 14.2. The van der Waals surface area contributed by atoms with E-state index in [4.69, 9.17) is 0 Å². The molecule has 1 N–H and O–H groups in total. The number of fused-ring (bicyclic) bond motifs is 1. The number of benzene rings is 1. The molecule has 2 amide bonds. The molecule has 0 aromatic heterocycles. The Hall–Kier alpha value is -1.84. The SMILES string of the molecule is CCC(Nc1ccc2c(c1)C(=O)N(C)C2=O)C(C)C. The minimum Gasteiger partial charge on any atom is -0.382 e. The predicted molar refractivity (Wildman–Crippen MR) is 75.4 cm³/mol. The number of hydrogen-bond acceptors (Lipinski definition) is 3. The van der Waals surface area contributed by atoms with Crippen molar-refractivity contribution in [2.24, 2.45) is 5.92 Å². The third-order valence-corrected chi connectivity index (χ3v) is 3.69. The fraction of sp³-hybridized carbons (Fsp3) is 0.467. The van der Waals surface area contributed by atoms with Gasteiger partial charge in [-0.05, 0) is 30.5 Å². The highest BCUT2D eigenvalue weighted by Gasteiger charge is 2.32. The van der Waals surface area contributed by atoms with Crippen molar-refractivity contribution in [3.8, 4) is 0 Å². The fourth-order valence-corrected chi connectivity index (χ4v) is 2.41. The molecule has 0 spiro atoms. The summed E-state index contributed by atoms with van der Waals surface area (Å²) >= 11 is 0. The van der Waals surface area contributed by atoms with Gasteiger partial charge in [-0.15, -0.1) is 0 Å². The van der Waals surface area contributed by atoms with E-state index >= 15 is 0 Å². The standard InChI is InChI=1S/C15H20N2O2/c1-5-13(9(2)3)16-10-6-7-11-12(8-10)15(19)17(4)14(11)18/h6-9,13,16H,5H2,1-4H3. The number of anilines is 1. The first-order chi connectivity index (χ1) is 8.95. The molecule has 1 unspecified atom stereocenters. The van der Waals surface area contributed by atoms with Crippen LogP contribution in [0.4, 0.5) is 5.69 Å². The molecule has 0 saturated carbocycles. The monoisotopic (exact) mass is 260 g/mol. The summed E-state index contributed by atoms with van der Waals surface area (Å²) in [5, 5.41) is 3.43. The quantitative estimate of drug-likeness (QED) is 0.847. The summed E-state index contributed by atoms with van der Waals surface area (Å²) in [6, 6.07) is 5.75. The van der Waals surface area contributed by atoms with Gasteiger partial charge in [0.25, 0.3) is 11.8 Å². The van der Waals surface area contributed by atoms with Crippen LogP contribution >= 0.6 is 0 Å². The van der Waals surface area contributed by atoms with Crippen molar-refractivity contribution in [3.05, 3.63) is 29.3 Å². The molecule has 4 heteroatoms. The van der Waals surface area contributed by atoms with Gasteiger partial charge in [0.1, 0.15) is 0 Å². The van der Waals surface area contributed by atoms with Crippen LogP contribution in [0, 0.1) is 5.92 Å². The van der Waals surface area contributed by atoms with Gasteiger partial charge in [0.15, 0.2) is 0 Å². The highest BCUT2D eigenvalue weighted by atomic mass is 16.2. The van der Waals surface area contributed by atoms with Crippen LogP contribution < -0.4 is 5.32 Å². The zero-order valence-electron chi connectivity index (χ0n) is 11.9. The second-order valence-corrected chi connectivity index (χ2v) is 5.33. The lowest BCUT2D eigenvalue weighted by Crippen LogP contribution is -2.25. The van der Waals surface area contributed by atoms with Crippen molar-refractivity contribution in [1.82, 2.24) is 4.90 Å². The average molecular weight is 260 g/mol. The summed E-state index contributed by atoms with van der Waals surface area (Å²) < 4.78 is 0. The average Bonchev–Trinajstić information content (AvgIpc) is 2.61. The molecule has 0 radical (unpaired) electrons. The molecule has 0 bridgehead atoms. The molecule has 0 saturated heterocycles. The van der Waals surface area contributed by atoms with Crippen molar-refractivity contribution in [2.75, 3.05) is 12.4 Å². The largest absolute Gasteiger partial charge is 0.382 e. The van der Waals surface area contributed by atoms with Crippen LogP contribution in [0.2, 0.25) is 0 Å². The van der Waals surface area contributed by atoms with Crippen molar-refractivity contribution >= 4 is 17.5 Å². The lowest BCUT2D eigenvalue weighted by Gasteiger charge is -2.22. The third-order valence-electron chi connectivity index (χ3n) is 3.69. The number of carbonyl (C=O) groups is 2. The second kappa shape index (κ2) is 5.03. The lowest BCUT2D eigenvalue weighted by atomic mass is 10.0. The number of rotatable bonds is 4. The van der Waals surface area contributed by atoms with E-state index in [-0.39, 0.29) is 11.8 Å². The number of hydrogen-bond donors (Lipinski definition) is 1. The number of nitrogens with one attached hydrogen (secondary N) is 1. The van der Waals surface area contributed by atoms with Gasteiger partial charge in [-0.2, -0.15) is 0 Å². The summed E-state index contributed by atoms with van der Waals surface area (Å²) in [7, 11) is 1.51. The van der Waals surface area contributed by atoms with Crippen LogP contribution in [0.5, 0.6) is 0 Å². The topological polar surface area (TPSA) is 49.4 Å². The molecule has 1 aliphatic rings. The predicted octanol–water partition coefficient (Wildman–Crippen LogP) is 2.76. The first-order valence-electron chi connectivity index (χ1n) is 6.68. The molecular weight excluding hydrogens is 240 g/mol. The van der Waals surface area contributed by atoms with Crippen molar-refractivity contribution in [1.29, 1.82) is 0 Å². The van der Waals surface area contributed by atoms with Crippen LogP contribution in [-0.4, -0.2) is 29.8 Å². The van der Waals surface area contributed by atoms with Gasteiger partial charge >= 0.3 is 0 Å². The maximum atomic E-state index is 11.9. The lowest BCUT2D eigenvalue weighted by molar-refractivity contribution is 0.0693. The van der Waals surface area contributed by atoms with E-state index in [0.717, 1.165) is 17.0 Å². The molecule has 2 rings (SSSR count). The van der Waals surface area contributed by atoms with Gasteiger partial charge in [0.05, 0.1) is 11.1 Å². The molecular formula is C15H20N2O2. The Kier molecular flexibility index (Phi) is 3.60. The molecule has 0 fully saturated rings. The van der Waals surface area contributed by atoms with Crippen molar-refractivity contribution in [2.45, 2.75) is 33.2 Å². The summed E-state index contributed by atoms with van der Waals surface area (Å²) in [4.78, 5) is 24.9. The maximum absolute atomic E-state index is 11.9. The highest BCUT2D eigenvalue weighted by Crippen LogP contribution is 2.25. The smallest absolute Gasteiger partial charge is 0.261 e. The van der Waals surface area contributed by atoms with Crippen LogP contribution in [0.1, 0.15) is 47.9 Å². The summed E-state index contributed by atoms with van der Waals surface area (Å²) in [6.45, 7) is 6.46. The Morgan fingerprint density at radius 2 is 1.79 bits per heavy atom. The fourth-order valence-electron chi connectivity index (χ4n) is 2.41. The van der Waals surface area contributed by atoms with E-state index < -0.39 is 0 Å². The van der Waals surface area contributed by atoms with Gasteiger partial charge in [-0.25, -0.2) is 0 Å². The Bertz CT molecular complexity index is 523. The van der Waals surface area contributed by atoms with E-state index in [0.29, 0.717) is 23.1 Å². The normalized spacial score (nSPS) is 15.9. The van der Waals surface area contributed by atoms with E-state index in [1.54, 1.807) is 12.1 Å². The highest BCUT2D eigenvalue weighted by molar-refractivity contribution is 6.21.